The zero-order valence-corrected chi connectivity index (χ0v) is 21.2. The van der Waals surface area contributed by atoms with Crippen molar-refractivity contribution < 1.29 is 9.59 Å². The number of aryl methyl sites for hydroxylation is 1. The van der Waals surface area contributed by atoms with Gasteiger partial charge in [0.15, 0.2) is 11.0 Å². The summed E-state index contributed by atoms with van der Waals surface area (Å²) in [6, 6.07) is 9.58. The molecule has 1 atom stereocenters. The van der Waals surface area contributed by atoms with Crippen molar-refractivity contribution in [3.63, 3.8) is 0 Å². The summed E-state index contributed by atoms with van der Waals surface area (Å²) in [7, 11) is 0. The molecular weight excluding hydrogens is 505 g/mol. The van der Waals surface area contributed by atoms with E-state index in [-0.39, 0.29) is 22.6 Å². The number of nitrogens with one attached hydrogen (secondary N) is 2. The molecule has 3 aromatic rings. The average Bonchev–Trinajstić information content (AvgIpc) is 3.17. The molecule has 7 nitrogen and oxygen atoms in total. The van der Waals surface area contributed by atoms with Gasteiger partial charge in [0, 0.05) is 22.3 Å². The van der Waals surface area contributed by atoms with Gasteiger partial charge in [0.05, 0.1) is 22.4 Å². The van der Waals surface area contributed by atoms with Crippen molar-refractivity contribution in [3.05, 3.63) is 68.4 Å². The molecule has 0 saturated heterocycles. The highest BCUT2D eigenvalue weighted by Gasteiger charge is 2.21. The standard InChI is InChI=1S/C22H22Cl3N5O2S/c1-4-30-20(13(3)26-21(32)16-8-7-14(23)9-17(16)25)28-29-22(30)33-11-19(31)27-18-10-15(24)6-5-12(18)2/h5-10,13H,4,11H2,1-3H3,(H,26,32)(H,27,31)/t13-/m0/s1. The Morgan fingerprint density at radius 2 is 1.79 bits per heavy atom. The van der Waals surface area contributed by atoms with E-state index < -0.39 is 6.04 Å². The van der Waals surface area contributed by atoms with Crippen molar-refractivity contribution in [2.24, 2.45) is 0 Å². The average molecular weight is 527 g/mol. The van der Waals surface area contributed by atoms with Gasteiger partial charge in [-0.2, -0.15) is 0 Å². The van der Waals surface area contributed by atoms with Gasteiger partial charge in [-0.25, -0.2) is 0 Å². The van der Waals surface area contributed by atoms with Crippen LogP contribution in [-0.2, 0) is 11.3 Å². The maximum atomic E-state index is 12.6. The summed E-state index contributed by atoms with van der Waals surface area (Å²) in [5.74, 6) is 0.187. The summed E-state index contributed by atoms with van der Waals surface area (Å²) in [5.41, 5.74) is 1.91. The second-order valence-corrected chi connectivity index (χ2v) is 9.42. The van der Waals surface area contributed by atoms with E-state index in [2.05, 4.69) is 20.8 Å². The zero-order valence-electron chi connectivity index (χ0n) is 18.2. The molecule has 11 heteroatoms. The summed E-state index contributed by atoms with van der Waals surface area (Å²) in [6.45, 7) is 6.21. The van der Waals surface area contributed by atoms with Crippen LogP contribution in [0.3, 0.4) is 0 Å². The second-order valence-electron chi connectivity index (χ2n) is 7.20. The van der Waals surface area contributed by atoms with E-state index in [4.69, 9.17) is 34.8 Å². The molecule has 2 amide bonds. The minimum atomic E-state index is -0.436. The molecule has 0 aliphatic heterocycles. The number of carbonyl (C=O) groups excluding carboxylic acids is 2. The highest BCUT2D eigenvalue weighted by Crippen LogP contribution is 2.25. The molecule has 2 N–H and O–H groups in total. The number of rotatable bonds is 8. The van der Waals surface area contributed by atoms with Crippen molar-refractivity contribution in [2.75, 3.05) is 11.1 Å². The first-order chi connectivity index (χ1) is 15.7. The predicted molar refractivity (Wildman–Crippen MR) is 134 cm³/mol. The number of hydrogen-bond donors (Lipinski definition) is 2. The summed E-state index contributed by atoms with van der Waals surface area (Å²) >= 11 is 19.3. The first kappa shape index (κ1) is 25.4. The third-order valence-corrected chi connectivity index (χ3v) is 6.53. The van der Waals surface area contributed by atoms with Crippen LogP contribution >= 0.6 is 46.6 Å². The number of nitrogens with zero attached hydrogens (tertiary/aromatic N) is 3. The fraction of sp³-hybridized carbons (Fsp3) is 0.273. The Kier molecular flexibility index (Phi) is 8.64. The Bertz CT molecular complexity index is 1180. The van der Waals surface area contributed by atoms with Gasteiger partial charge >= 0.3 is 0 Å². The lowest BCUT2D eigenvalue weighted by molar-refractivity contribution is -0.113. The molecule has 1 aromatic heterocycles. The first-order valence-corrected chi connectivity index (χ1v) is 12.2. The van der Waals surface area contributed by atoms with Crippen LogP contribution in [0.4, 0.5) is 5.69 Å². The van der Waals surface area contributed by atoms with Crippen LogP contribution in [0.5, 0.6) is 0 Å². The molecule has 33 heavy (non-hydrogen) atoms. The molecule has 0 unspecified atom stereocenters. The molecule has 0 spiro atoms. The van der Waals surface area contributed by atoms with Crippen LogP contribution in [0, 0.1) is 6.92 Å². The first-order valence-electron chi connectivity index (χ1n) is 10.1. The van der Waals surface area contributed by atoms with Crippen LogP contribution < -0.4 is 10.6 Å². The van der Waals surface area contributed by atoms with Crippen molar-refractivity contribution in [3.8, 4) is 0 Å². The number of anilines is 1. The molecular formula is C22H22Cl3N5O2S. The normalized spacial score (nSPS) is 11.8. The molecule has 2 aromatic carbocycles. The lowest BCUT2D eigenvalue weighted by Crippen LogP contribution is -2.29. The topological polar surface area (TPSA) is 88.9 Å². The minimum Gasteiger partial charge on any atom is -0.342 e. The number of benzene rings is 2. The Balaban J connectivity index is 1.65. The van der Waals surface area contributed by atoms with Gasteiger partial charge in [-0.1, -0.05) is 52.6 Å². The van der Waals surface area contributed by atoms with Gasteiger partial charge in [0.2, 0.25) is 5.91 Å². The SMILES string of the molecule is CCn1c(SCC(=O)Nc2cc(Cl)ccc2C)nnc1[C@H](C)NC(=O)c1ccc(Cl)cc1Cl. The third kappa shape index (κ3) is 6.41. The van der Waals surface area contributed by atoms with Crippen molar-refractivity contribution >= 4 is 64.1 Å². The Hall–Kier alpha value is -2.26. The molecule has 1 heterocycles. The molecule has 0 bridgehead atoms. The van der Waals surface area contributed by atoms with Gasteiger partial charge in [0.1, 0.15) is 0 Å². The van der Waals surface area contributed by atoms with Crippen LogP contribution in [0.15, 0.2) is 41.6 Å². The number of thioether (sulfide) groups is 1. The fourth-order valence-corrected chi connectivity index (χ4v) is 4.56. The van der Waals surface area contributed by atoms with E-state index in [9.17, 15) is 9.59 Å². The van der Waals surface area contributed by atoms with E-state index in [1.165, 1.54) is 17.8 Å². The summed E-state index contributed by atoms with van der Waals surface area (Å²) in [4.78, 5) is 25.1. The summed E-state index contributed by atoms with van der Waals surface area (Å²) < 4.78 is 1.86. The van der Waals surface area contributed by atoms with Crippen molar-refractivity contribution in [1.82, 2.24) is 20.1 Å². The summed E-state index contributed by atoms with van der Waals surface area (Å²) in [5, 5.41) is 16.0. The van der Waals surface area contributed by atoms with E-state index >= 15 is 0 Å². The van der Waals surface area contributed by atoms with Crippen molar-refractivity contribution in [2.45, 2.75) is 38.5 Å². The van der Waals surface area contributed by atoms with E-state index in [0.717, 1.165) is 5.56 Å². The highest BCUT2D eigenvalue weighted by molar-refractivity contribution is 7.99. The largest absolute Gasteiger partial charge is 0.342 e. The van der Waals surface area contributed by atoms with Gasteiger partial charge < -0.3 is 15.2 Å². The van der Waals surface area contributed by atoms with Crippen LogP contribution in [0.2, 0.25) is 15.1 Å². The number of hydrogen-bond acceptors (Lipinski definition) is 5. The molecule has 174 valence electrons. The Morgan fingerprint density at radius 3 is 2.48 bits per heavy atom. The molecule has 0 radical (unpaired) electrons. The molecule has 0 fully saturated rings. The molecule has 0 aliphatic carbocycles. The zero-order chi connectivity index (χ0) is 24.1. The minimum absolute atomic E-state index is 0.144. The molecule has 0 aliphatic rings. The van der Waals surface area contributed by atoms with Gasteiger partial charge in [-0.15, -0.1) is 10.2 Å². The molecule has 0 saturated carbocycles. The summed E-state index contributed by atoms with van der Waals surface area (Å²) in [6.07, 6.45) is 0. The van der Waals surface area contributed by atoms with E-state index in [1.54, 1.807) is 31.2 Å². The van der Waals surface area contributed by atoms with Crippen molar-refractivity contribution in [1.29, 1.82) is 0 Å². The quantitative estimate of drug-likeness (QED) is 0.363. The maximum Gasteiger partial charge on any atom is 0.253 e. The highest BCUT2D eigenvalue weighted by atomic mass is 35.5. The second kappa shape index (κ2) is 11.2. The number of carbonyl (C=O) groups is 2. The van der Waals surface area contributed by atoms with Crippen LogP contribution in [-0.4, -0.2) is 32.3 Å². The van der Waals surface area contributed by atoms with E-state index in [0.29, 0.717) is 38.8 Å². The number of halogens is 3. The lowest BCUT2D eigenvalue weighted by atomic mass is 10.2. The number of amides is 2. The van der Waals surface area contributed by atoms with Crippen LogP contribution in [0.1, 0.15) is 41.6 Å². The third-order valence-electron chi connectivity index (χ3n) is 4.78. The fourth-order valence-electron chi connectivity index (χ4n) is 3.08. The van der Waals surface area contributed by atoms with Gasteiger partial charge in [-0.3, -0.25) is 9.59 Å². The van der Waals surface area contributed by atoms with Gasteiger partial charge in [-0.05, 0) is 56.7 Å². The monoisotopic (exact) mass is 525 g/mol. The smallest absolute Gasteiger partial charge is 0.253 e. The van der Waals surface area contributed by atoms with Gasteiger partial charge in [0.25, 0.3) is 5.91 Å². The molecule has 3 rings (SSSR count). The Morgan fingerprint density at radius 1 is 1.09 bits per heavy atom. The predicted octanol–water partition coefficient (Wildman–Crippen LogP) is 5.79. The maximum absolute atomic E-state index is 12.6. The lowest BCUT2D eigenvalue weighted by Gasteiger charge is -2.15. The number of aromatic nitrogens is 3. The van der Waals surface area contributed by atoms with Crippen LogP contribution in [0.25, 0.3) is 0 Å². The Labute approximate surface area is 211 Å². The van der Waals surface area contributed by atoms with E-state index in [1.807, 2.05) is 24.5 Å².